The minimum Gasteiger partial charge on any atom is -0.508 e. The lowest BCUT2D eigenvalue weighted by atomic mass is 10.0. The average Bonchev–Trinajstić information content (AvgIpc) is 2.54. The van der Waals surface area contributed by atoms with Gasteiger partial charge in [-0.2, -0.15) is 0 Å². The highest BCUT2D eigenvalue weighted by molar-refractivity contribution is 5.93. The van der Waals surface area contributed by atoms with E-state index in [-0.39, 0.29) is 24.6 Å². The zero-order valence-corrected chi connectivity index (χ0v) is 14.1. The fourth-order valence-corrected chi connectivity index (χ4v) is 2.81. The monoisotopic (exact) mass is 349 g/mol. The van der Waals surface area contributed by atoms with Gasteiger partial charge >= 0.3 is 5.97 Å². The number of aromatic hydroxyl groups is 1. The summed E-state index contributed by atoms with van der Waals surface area (Å²) < 4.78 is 0. The van der Waals surface area contributed by atoms with Crippen LogP contribution in [0.5, 0.6) is 5.75 Å². The molecule has 0 spiro atoms. The van der Waals surface area contributed by atoms with Gasteiger partial charge in [-0.25, -0.2) is 0 Å². The summed E-state index contributed by atoms with van der Waals surface area (Å²) in [6, 6.07) is 6.09. The molecule has 8 nitrogen and oxygen atoms in total. The molecule has 0 unspecified atom stereocenters. The van der Waals surface area contributed by atoms with Crippen LogP contribution in [0.1, 0.15) is 13.3 Å². The smallest absolute Gasteiger partial charge is 0.308 e. The van der Waals surface area contributed by atoms with Gasteiger partial charge in [0.1, 0.15) is 5.75 Å². The number of carboxylic acids is 1. The molecule has 0 aliphatic carbocycles. The summed E-state index contributed by atoms with van der Waals surface area (Å²) in [5, 5.41) is 21.4. The van der Waals surface area contributed by atoms with Crippen LogP contribution in [0.4, 0.5) is 5.69 Å². The number of benzene rings is 1. The third-order valence-electron chi connectivity index (χ3n) is 4.21. The first-order valence-corrected chi connectivity index (χ1v) is 8.14. The summed E-state index contributed by atoms with van der Waals surface area (Å²) in [5.74, 6) is -2.24. The minimum absolute atomic E-state index is 0.0138. The second kappa shape index (κ2) is 8.48. The van der Waals surface area contributed by atoms with E-state index in [4.69, 9.17) is 0 Å². The van der Waals surface area contributed by atoms with Gasteiger partial charge in [-0.1, -0.05) is 6.07 Å². The van der Waals surface area contributed by atoms with Crippen LogP contribution in [-0.4, -0.2) is 70.5 Å². The molecule has 0 aromatic heterocycles. The summed E-state index contributed by atoms with van der Waals surface area (Å²) in [5.41, 5.74) is 0.421. The molecule has 1 aliphatic heterocycles. The predicted octanol–water partition coefficient (Wildman–Crippen LogP) is 0.586. The van der Waals surface area contributed by atoms with E-state index in [9.17, 15) is 24.6 Å². The fourth-order valence-electron chi connectivity index (χ4n) is 2.81. The van der Waals surface area contributed by atoms with Gasteiger partial charge in [-0.15, -0.1) is 0 Å². The summed E-state index contributed by atoms with van der Waals surface area (Å²) in [4.78, 5) is 38.6. The predicted molar refractivity (Wildman–Crippen MR) is 91.2 cm³/mol. The Balaban J connectivity index is 1.87. The van der Waals surface area contributed by atoms with Crippen LogP contribution < -0.4 is 5.32 Å². The first kappa shape index (κ1) is 18.7. The third kappa shape index (κ3) is 5.75. The topological polar surface area (TPSA) is 110 Å². The van der Waals surface area contributed by atoms with Crippen molar-refractivity contribution in [2.24, 2.45) is 5.92 Å². The molecule has 1 aliphatic rings. The Bertz CT molecular complexity index is 641. The highest BCUT2D eigenvalue weighted by atomic mass is 16.4. The Kier molecular flexibility index (Phi) is 6.35. The van der Waals surface area contributed by atoms with Gasteiger partial charge in [0.15, 0.2) is 0 Å². The van der Waals surface area contributed by atoms with Crippen LogP contribution in [0, 0.1) is 5.92 Å². The Labute approximate surface area is 146 Å². The quantitative estimate of drug-likeness (QED) is 0.693. The van der Waals surface area contributed by atoms with E-state index in [1.54, 1.807) is 17.0 Å². The number of rotatable bonds is 6. The number of anilines is 1. The molecule has 1 aromatic rings. The fraction of sp³-hybridized carbons (Fsp3) is 0.471. The number of nitrogens with zero attached hydrogens (tertiary/aromatic N) is 2. The van der Waals surface area contributed by atoms with E-state index in [0.717, 1.165) is 0 Å². The van der Waals surface area contributed by atoms with Crippen molar-refractivity contribution in [3.05, 3.63) is 24.3 Å². The Morgan fingerprint density at radius 1 is 1.20 bits per heavy atom. The molecular formula is C17H23N3O5. The lowest BCUT2D eigenvalue weighted by Crippen LogP contribution is -2.50. The van der Waals surface area contributed by atoms with Gasteiger partial charge in [0, 0.05) is 57.8 Å². The normalized spacial score (nSPS) is 16.3. The largest absolute Gasteiger partial charge is 0.508 e. The van der Waals surface area contributed by atoms with Crippen LogP contribution >= 0.6 is 0 Å². The van der Waals surface area contributed by atoms with Gasteiger partial charge in [-0.05, 0) is 12.1 Å². The molecule has 1 fully saturated rings. The highest BCUT2D eigenvalue weighted by Gasteiger charge is 2.27. The van der Waals surface area contributed by atoms with E-state index in [1.165, 1.54) is 19.1 Å². The maximum absolute atomic E-state index is 12.1. The SMILES string of the molecule is CC(=O)N1CCN(C[C@@H](CC(=O)Nc2cccc(O)c2)C(=O)O)CC1. The Morgan fingerprint density at radius 2 is 1.88 bits per heavy atom. The van der Waals surface area contributed by atoms with E-state index < -0.39 is 17.8 Å². The van der Waals surface area contributed by atoms with E-state index >= 15 is 0 Å². The standard InChI is InChI=1S/C17H23N3O5/c1-12(21)20-7-5-19(6-8-20)11-13(17(24)25)9-16(23)18-14-3-2-4-15(22)10-14/h2-4,10,13,22H,5-9,11H2,1H3,(H,18,23)(H,24,25)/t13-/m1/s1. The number of phenols is 1. The van der Waals surface area contributed by atoms with Crippen molar-refractivity contribution in [2.75, 3.05) is 38.0 Å². The second-order valence-electron chi connectivity index (χ2n) is 6.14. The molecule has 1 atom stereocenters. The van der Waals surface area contributed by atoms with Crippen LogP contribution in [0.3, 0.4) is 0 Å². The van der Waals surface area contributed by atoms with Crippen molar-refractivity contribution in [1.82, 2.24) is 9.80 Å². The number of hydrogen-bond acceptors (Lipinski definition) is 5. The van der Waals surface area contributed by atoms with Crippen LogP contribution in [0.2, 0.25) is 0 Å². The van der Waals surface area contributed by atoms with E-state index in [2.05, 4.69) is 5.32 Å². The maximum atomic E-state index is 12.1. The number of nitrogens with one attached hydrogen (secondary N) is 1. The van der Waals surface area contributed by atoms with Gasteiger partial charge in [0.2, 0.25) is 11.8 Å². The van der Waals surface area contributed by atoms with Gasteiger partial charge in [0.05, 0.1) is 5.92 Å². The molecule has 1 aromatic carbocycles. The molecular weight excluding hydrogens is 326 g/mol. The van der Waals surface area contributed by atoms with Crippen LogP contribution in [0.15, 0.2) is 24.3 Å². The number of piperazine rings is 1. The van der Waals surface area contributed by atoms with Gasteiger partial charge in [0.25, 0.3) is 0 Å². The summed E-state index contributed by atoms with van der Waals surface area (Å²) in [6.07, 6.45) is -0.155. The van der Waals surface area contributed by atoms with Crippen molar-refractivity contribution >= 4 is 23.5 Å². The number of hydrogen-bond donors (Lipinski definition) is 3. The van der Waals surface area contributed by atoms with E-state index in [0.29, 0.717) is 31.9 Å². The molecule has 1 saturated heterocycles. The molecule has 0 bridgehead atoms. The second-order valence-corrected chi connectivity index (χ2v) is 6.14. The molecule has 25 heavy (non-hydrogen) atoms. The maximum Gasteiger partial charge on any atom is 0.308 e. The first-order chi connectivity index (χ1) is 11.8. The molecule has 0 radical (unpaired) electrons. The molecule has 0 saturated carbocycles. The van der Waals surface area contributed by atoms with E-state index in [1.807, 2.05) is 4.90 Å². The molecule has 2 rings (SSSR count). The number of carbonyl (C=O) groups excluding carboxylic acids is 2. The summed E-state index contributed by atoms with van der Waals surface area (Å²) in [6.45, 7) is 4.10. The molecule has 3 N–H and O–H groups in total. The van der Waals surface area contributed by atoms with Crippen molar-refractivity contribution < 1.29 is 24.6 Å². The average molecular weight is 349 g/mol. The number of carboxylic acid groups (broad SMARTS) is 1. The lowest BCUT2D eigenvalue weighted by Gasteiger charge is -2.35. The number of carbonyl (C=O) groups is 3. The molecule has 1 heterocycles. The lowest BCUT2D eigenvalue weighted by molar-refractivity contribution is -0.144. The molecule has 8 heteroatoms. The number of aliphatic carboxylic acids is 1. The van der Waals surface area contributed by atoms with Crippen molar-refractivity contribution in [3.63, 3.8) is 0 Å². The summed E-state index contributed by atoms with van der Waals surface area (Å²) >= 11 is 0. The van der Waals surface area contributed by atoms with Gasteiger partial charge in [-0.3, -0.25) is 19.3 Å². The zero-order chi connectivity index (χ0) is 18.4. The van der Waals surface area contributed by atoms with Crippen LogP contribution in [0.25, 0.3) is 0 Å². The Hall–Kier alpha value is -2.61. The van der Waals surface area contributed by atoms with Crippen molar-refractivity contribution in [1.29, 1.82) is 0 Å². The van der Waals surface area contributed by atoms with Crippen molar-refractivity contribution in [3.8, 4) is 5.75 Å². The van der Waals surface area contributed by atoms with Crippen molar-refractivity contribution in [2.45, 2.75) is 13.3 Å². The van der Waals surface area contributed by atoms with Crippen LogP contribution in [-0.2, 0) is 14.4 Å². The molecule has 2 amide bonds. The number of phenolic OH excluding ortho intramolecular Hbond substituents is 1. The number of amides is 2. The van der Waals surface area contributed by atoms with Gasteiger partial charge < -0.3 is 20.4 Å². The molecule has 136 valence electrons. The zero-order valence-electron chi connectivity index (χ0n) is 14.1. The Morgan fingerprint density at radius 3 is 2.44 bits per heavy atom. The third-order valence-corrected chi connectivity index (χ3v) is 4.21. The first-order valence-electron chi connectivity index (χ1n) is 8.14. The summed E-state index contributed by atoms with van der Waals surface area (Å²) in [7, 11) is 0. The highest BCUT2D eigenvalue weighted by Crippen LogP contribution is 2.17. The minimum atomic E-state index is -1.03.